The number of nitrogens with zero attached hydrogens (tertiary/aromatic N) is 1. The standard InChI is InChI=1S/C14H18N2O3/c1-8(2)19-14(18)11-4-5-12-10(13(11)15)6-7-16(12)9(3)17/h4-5,8H,6-7,15H2,1-3H3. The third-order valence-electron chi connectivity index (χ3n) is 3.15. The topological polar surface area (TPSA) is 72.6 Å². The highest BCUT2D eigenvalue weighted by Gasteiger charge is 2.27. The van der Waals surface area contributed by atoms with Crippen molar-refractivity contribution >= 4 is 23.3 Å². The molecule has 0 saturated carbocycles. The summed E-state index contributed by atoms with van der Waals surface area (Å²) in [4.78, 5) is 25.1. The zero-order valence-electron chi connectivity index (χ0n) is 11.4. The van der Waals surface area contributed by atoms with E-state index in [0.29, 0.717) is 24.2 Å². The highest BCUT2D eigenvalue weighted by atomic mass is 16.5. The molecule has 0 atom stereocenters. The fourth-order valence-corrected chi connectivity index (χ4v) is 2.30. The third kappa shape index (κ3) is 2.41. The van der Waals surface area contributed by atoms with Crippen molar-refractivity contribution in [1.29, 1.82) is 0 Å². The Kier molecular flexibility index (Phi) is 3.46. The monoisotopic (exact) mass is 262 g/mol. The van der Waals surface area contributed by atoms with Gasteiger partial charge in [-0.1, -0.05) is 0 Å². The number of ether oxygens (including phenoxy) is 1. The minimum absolute atomic E-state index is 0.0179. The minimum atomic E-state index is -0.420. The van der Waals surface area contributed by atoms with Crippen LogP contribution >= 0.6 is 0 Å². The van der Waals surface area contributed by atoms with Crippen LogP contribution in [0.4, 0.5) is 11.4 Å². The van der Waals surface area contributed by atoms with Gasteiger partial charge < -0.3 is 15.4 Å². The van der Waals surface area contributed by atoms with Crippen molar-refractivity contribution in [3.05, 3.63) is 23.3 Å². The fourth-order valence-electron chi connectivity index (χ4n) is 2.30. The zero-order valence-corrected chi connectivity index (χ0v) is 11.4. The molecule has 0 aromatic heterocycles. The van der Waals surface area contributed by atoms with Gasteiger partial charge in [-0.3, -0.25) is 4.79 Å². The summed E-state index contributed by atoms with van der Waals surface area (Å²) in [6.07, 6.45) is 0.484. The van der Waals surface area contributed by atoms with Crippen LogP contribution in [0, 0.1) is 0 Å². The number of fused-ring (bicyclic) bond motifs is 1. The van der Waals surface area contributed by atoms with Gasteiger partial charge >= 0.3 is 5.97 Å². The lowest BCUT2D eigenvalue weighted by molar-refractivity contribution is -0.116. The Morgan fingerprint density at radius 3 is 2.63 bits per heavy atom. The average molecular weight is 262 g/mol. The maximum atomic E-state index is 11.9. The van der Waals surface area contributed by atoms with E-state index in [1.54, 1.807) is 30.9 Å². The summed E-state index contributed by atoms with van der Waals surface area (Å²) in [5.41, 5.74) is 8.48. The fraction of sp³-hybridized carbons (Fsp3) is 0.429. The predicted molar refractivity (Wildman–Crippen MR) is 73.1 cm³/mol. The van der Waals surface area contributed by atoms with Crippen LogP contribution in [0.5, 0.6) is 0 Å². The van der Waals surface area contributed by atoms with Crippen molar-refractivity contribution in [2.75, 3.05) is 17.2 Å². The van der Waals surface area contributed by atoms with E-state index in [0.717, 1.165) is 11.3 Å². The number of benzene rings is 1. The van der Waals surface area contributed by atoms with Crippen molar-refractivity contribution in [3.63, 3.8) is 0 Å². The number of nitrogen functional groups attached to an aromatic ring is 1. The number of carbonyl (C=O) groups is 2. The zero-order chi connectivity index (χ0) is 14.2. The van der Waals surface area contributed by atoms with Gasteiger partial charge in [0.05, 0.1) is 17.4 Å². The second kappa shape index (κ2) is 4.91. The highest BCUT2D eigenvalue weighted by molar-refractivity contribution is 6.00. The molecule has 0 radical (unpaired) electrons. The molecule has 1 aromatic carbocycles. The number of nitrogens with two attached hydrogens (primary N) is 1. The van der Waals surface area contributed by atoms with Crippen LogP contribution in [0.1, 0.15) is 36.7 Å². The van der Waals surface area contributed by atoms with Crippen LogP contribution in [-0.2, 0) is 16.0 Å². The Morgan fingerprint density at radius 1 is 1.37 bits per heavy atom. The van der Waals surface area contributed by atoms with Crippen LogP contribution in [0.2, 0.25) is 0 Å². The Hall–Kier alpha value is -2.04. The summed E-state index contributed by atoms with van der Waals surface area (Å²) in [6.45, 7) is 5.71. The summed E-state index contributed by atoms with van der Waals surface area (Å²) >= 11 is 0. The molecule has 0 aliphatic carbocycles. The molecule has 2 rings (SSSR count). The summed E-state index contributed by atoms with van der Waals surface area (Å²) in [6, 6.07) is 3.39. The number of carbonyl (C=O) groups excluding carboxylic acids is 2. The van der Waals surface area contributed by atoms with Gasteiger partial charge in [0.1, 0.15) is 0 Å². The second-order valence-electron chi connectivity index (χ2n) is 4.90. The maximum Gasteiger partial charge on any atom is 0.340 e. The first-order valence-electron chi connectivity index (χ1n) is 6.32. The van der Waals surface area contributed by atoms with E-state index >= 15 is 0 Å². The molecule has 0 saturated heterocycles. The Bertz CT molecular complexity index is 538. The summed E-state index contributed by atoms with van der Waals surface area (Å²) in [7, 11) is 0. The molecule has 1 aliphatic heterocycles. The van der Waals surface area contributed by atoms with Gasteiger partial charge in [0.15, 0.2) is 0 Å². The lowest BCUT2D eigenvalue weighted by atomic mass is 10.0. The normalized spacial score (nSPS) is 13.6. The SMILES string of the molecule is CC(=O)N1CCc2c1ccc(C(=O)OC(C)C)c2N. The van der Waals surface area contributed by atoms with Crippen LogP contribution < -0.4 is 10.6 Å². The van der Waals surface area contributed by atoms with E-state index in [9.17, 15) is 9.59 Å². The van der Waals surface area contributed by atoms with Crippen LogP contribution in [-0.4, -0.2) is 24.5 Å². The molecular formula is C14H18N2O3. The van der Waals surface area contributed by atoms with Gasteiger partial charge in [0.2, 0.25) is 5.91 Å². The molecule has 0 spiro atoms. The molecule has 1 amide bonds. The first kappa shape index (κ1) is 13.4. The molecule has 0 unspecified atom stereocenters. The molecule has 2 N–H and O–H groups in total. The van der Waals surface area contributed by atoms with Crippen molar-refractivity contribution in [1.82, 2.24) is 0 Å². The number of rotatable bonds is 2. The quantitative estimate of drug-likeness (QED) is 0.651. The van der Waals surface area contributed by atoms with E-state index in [2.05, 4.69) is 0 Å². The molecule has 5 heteroatoms. The highest BCUT2D eigenvalue weighted by Crippen LogP contribution is 2.34. The Labute approximate surface area is 112 Å². The van der Waals surface area contributed by atoms with Crippen molar-refractivity contribution in [3.8, 4) is 0 Å². The maximum absolute atomic E-state index is 11.9. The Balaban J connectivity index is 2.37. The smallest absolute Gasteiger partial charge is 0.340 e. The molecule has 19 heavy (non-hydrogen) atoms. The van der Waals surface area contributed by atoms with E-state index in [1.165, 1.54) is 6.92 Å². The number of esters is 1. The molecule has 1 aromatic rings. The average Bonchev–Trinajstić information content (AvgIpc) is 2.72. The van der Waals surface area contributed by atoms with Gasteiger partial charge in [-0.15, -0.1) is 0 Å². The lowest BCUT2D eigenvalue weighted by Gasteiger charge is -2.16. The van der Waals surface area contributed by atoms with Crippen molar-refractivity contribution in [2.45, 2.75) is 33.3 Å². The van der Waals surface area contributed by atoms with E-state index in [4.69, 9.17) is 10.5 Å². The summed E-state index contributed by atoms with van der Waals surface area (Å²) in [5.74, 6) is -0.438. The van der Waals surface area contributed by atoms with Gasteiger partial charge in [-0.2, -0.15) is 0 Å². The van der Waals surface area contributed by atoms with Crippen LogP contribution in [0.25, 0.3) is 0 Å². The van der Waals surface area contributed by atoms with Gasteiger partial charge in [-0.05, 0) is 32.4 Å². The number of hydrogen-bond acceptors (Lipinski definition) is 4. The molecule has 0 fully saturated rings. The van der Waals surface area contributed by atoms with Crippen LogP contribution in [0.3, 0.4) is 0 Å². The molecule has 5 nitrogen and oxygen atoms in total. The predicted octanol–water partition coefficient (Wildman–Crippen LogP) is 1.74. The Morgan fingerprint density at radius 2 is 2.05 bits per heavy atom. The van der Waals surface area contributed by atoms with Gasteiger partial charge in [0, 0.05) is 24.7 Å². The van der Waals surface area contributed by atoms with Crippen LogP contribution in [0.15, 0.2) is 12.1 Å². The number of hydrogen-bond donors (Lipinski definition) is 1. The first-order valence-corrected chi connectivity index (χ1v) is 6.32. The second-order valence-corrected chi connectivity index (χ2v) is 4.90. The van der Waals surface area contributed by atoms with Gasteiger partial charge in [0.25, 0.3) is 0 Å². The molecule has 1 heterocycles. The van der Waals surface area contributed by atoms with E-state index < -0.39 is 5.97 Å². The first-order chi connectivity index (χ1) is 8.91. The molecule has 0 bridgehead atoms. The van der Waals surface area contributed by atoms with Gasteiger partial charge in [-0.25, -0.2) is 4.79 Å². The number of anilines is 2. The minimum Gasteiger partial charge on any atom is -0.459 e. The van der Waals surface area contributed by atoms with E-state index in [1.807, 2.05) is 0 Å². The molecule has 1 aliphatic rings. The molecule has 102 valence electrons. The lowest BCUT2D eigenvalue weighted by Crippen LogP contribution is -2.25. The molecular weight excluding hydrogens is 244 g/mol. The summed E-state index contributed by atoms with van der Waals surface area (Å²) in [5, 5.41) is 0. The van der Waals surface area contributed by atoms with Crippen molar-refractivity contribution in [2.24, 2.45) is 0 Å². The van der Waals surface area contributed by atoms with E-state index in [-0.39, 0.29) is 12.0 Å². The van der Waals surface area contributed by atoms with Crippen molar-refractivity contribution < 1.29 is 14.3 Å². The number of amides is 1. The third-order valence-corrected chi connectivity index (χ3v) is 3.15. The largest absolute Gasteiger partial charge is 0.459 e. The summed E-state index contributed by atoms with van der Waals surface area (Å²) < 4.78 is 5.15.